The fourth-order valence-electron chi connectivity index (χ4n) is 3.85. The third kappa shape index (κ3) is 3.17. The van der Waals surface area contributed by atoms with Crippen LogP contribution in [0.3, 0.4) is 0 Å². The van der Waals surface area contributed by atoms with Crippen LogP contribution < -0.4 is 5.32 Å². The molecule has 0 aromatic heterocycles. The van der Waals surface area contributed by atoms with Crippen molar-refractivity contribution in [2.24, 2.45) is 5.92 Å². The van der Waals surface area contributed by atoms with Gasteiger partial charge in [0.25, 0.3) is 0 Å². The predicted octanol–water partition coefficient (Wildman–Crippen LogP) is 5.83. The number of rotatable bonds is 3. The highest BCUT2D eigenvalue weighted by atomic mass is 79.9. The normalized spacial score (nSPS) is 18.6. The Kier molecular flexibility index (Phi) is 4.97. The van der Waals surface area contributed by atoms with E-state index in [1.807, 2.05) is 0 Å². The van der Waals surface area contributed by atoms with Crippen molar-refractivity contribution in [3.63, 3.8) is 0 Å². The molecule has 0 heterocycles. The smallest absolute Gasteiger partial charge is 0.0352 e. The van der Waals surface area contributed by atoms with Gasteiger partial charge in [-0.05, 0) is 48.2 Å². The molecule has 1 fully saturated rings. The first-order chi connectivity index (χ1) is 10.3. The summed E-state index contributed by atoms with van der Waals surface area (Å²) in [7, 11) is 2.12. The van der Waals surface area contributed by atoms with Gasteiger partial charge in [0.15, 0.2) is 0 Å². The Hall–Kier alpha value is -0.860. The summed E-state index contributed by atoms with van der Waals surface area (Å²) in [6, 6.07) is 13.7. The lowest BCUT2D eigenvalue weighted by Gasteiger charge is -2.27. The zero-order chi connectivity index (χ0) is 14.7. The van der Waals surface area contributed by atoms with Gasteiger partial charge in [0.05, 0.1) is 0 Å². The number of benzene rings is 2. The highest BCUT2D eigenvalue weighted by Crippen LogP contribution is 2.37. The molecular weight excluding hydrogens is 322 g/mol. The van der Waals surface area contributed by atoms with Crippen molar-refractivity contribution in [3.05, 3.63) is 46.4 Å². The first kappa shape index (κ1) is 15.1. The van der Waals surface area contributed by atoms with Crippen LogP contribution in [0.1, 0.15) is 50.1 Å². The number of halogens is 1. The second-order valence-electron chi connectivity index (χ2n) is 6.20. The number of hydrogen-bond acceptors (Lipinski definition) is 1. The first-order valence-electron chi connectivity index (χ1n) is 8.15. The fourth-order valence-corrected chi connectivity index (χ4v) is 4.32. The van der Waals surface area contributed by atoms with Crippen LogP contribution in [0.5, 0.6) is 0 Å². The largest absolute Gasteiger partial charge is 0.313 e. The molecule has 112 valence electrons. The van der Waals surface area contributed by atoms with Gasteiger partial charge in [0, 0.05) is 10.5 Å². The first-order valence-corrected chi connectivity index (χ1v) is 8.95. The molecule has 1 aliphatic carbocycles. The molecule has 0 radical (unpaired) electrons. The summed E-state index contributed by atoms with van der Waals surface area (Å²) >= 11 is 3.69. The molecular formula is C19H24BrN. The van der Waals surface area contributed by atoms with Crippen LogP contribution in [0.4, 0.5) is 0 Å². The maximum Gasteiger partial charge on any atom is 0.0352 e. The Morgan fingerprint density at radius 1 is 0.952 bits per heavy atom. The van der Waals surface area contributed by atoms with Crippen molar-refractivity contribution in [2.45, 2.75) is 44.6 Å². The summed E-state index contributed by atoms with van der Waals surface area (Å²) in [6.45, 7) is 0. The SMILES string of the molecule is CNC(c1ccc(Br)c2ccccc12)C1CCCCCC1. The second-order valence-corrected chi connectivity index (χ2v) is 7.05. The van der Waals surface area contributed by atoms with Crippen LogP contribution in [-0.2, 0) is 0 Å². The van der Waals surface area contributed by atoms with E-state index >= 15 is 0 Å². The lowest BCUT2D eigenvalue weighted by molar-refractivity contribution is 0.343. The van der Waals surface area contributed by atoms with Gasteiger partial charge in [-0.2, -0.15) is 0 Å². The molecule has 1 atom stereocenters. The summed E-state index contributed by atoms with van der Waals surface area (Å²) in [5.74, 6) is 0.766. The van der Waals surface area contributed by atoms with Crippen LogP contribution in [0.25, 0.3) is 10.8 Å². The predicted molar refractivity (Wildman–Crippen MR) is 94.6 cm³/mol. The van der Waals surface area contributed by atoms with E-state index < -0.39 is 0 Å². The third-order valence-corrected chi connectivity index (χ3v) is 5.61. The molecule has 0 spiro atoms. The van der Waals surface area contributed by atoms with Crippen LogP contribution in [-0.4, -0.2) is 7.05 Å². The van der Waals surface area contributed by atoms with E-state index in [1.165, 1.54) is 59.3 Å². The molecule has 1 unspecified atom stereocenters. The molecule has 21 heavy (non-hydrogen) atoms. The van der Waals surface area contributed by atoms with Crippen molar-refractivity contribution in [1.29, 1.82) is 0 Å². The van der Waals surface area contributed by atoms with Crippen molar-refractivity contribution < 1.29 is 0 Å². The van der Waals surface area contributed by atoms with Gasteiger partial charge < -0.3 is 5.32 Å². The minimum Gasteiger partial charge on any atom is -0.313 e. The second kappa shape index (κ2) is 6.93. The van der Waals surface area contributed by atoms with E-state index in [1.54, 1.807) is 0 Å². The molecule has 0 amide bonds. The summed E-state index contributed by atoms with van der Waals surface area (Å²) in [5.41, 5.74) is 1.46. The molecule has 0 saturated heterocycles. The molecule has 1 N–H and O–H groups in total. The fraction of sp³-hybridized carbons (Fsp3) is 0.474. The van der Waals surface area contributed by atoms with E-state index in [2.05, 4.69) is 64.7 Å². The zero-order valence-corrected chi connectivity index (χ0v) is 14.3. The maximum absolute atomic E-state index is 3.69. The van der Waals surface area contributed by atoms with Crippen LogP contribution in [0, 0.1) is 5.92 Å². The van der Waals surface area contributed by atoms with Crippen LogP contribution in [0.15, 0.2) is 40.9 Å². The van der Waals surface area contributed by atoms with Crippen molar-refractivity contribution >= 4 is 26.7 Å². The van der Waals surface area contributed by atoms with Gasteiger partial charge in [-0.25, -0.2) is 0 Å². The van der Waals surface area contributed by atoms with Crippen molar-refractivity contribution in [2.75, 3.05) is 7.05 Å². The molecule has 2 aromatic rings. The van der Waals surface area contributed by atoms with E-state index in [0.29, 0.717) is 6.04 Å². The number of nitrogens with one attached hydrogen (secondary N) is 1. The van der Waals surface area contributed by atoms with Gasteiger partial charge in [0.2, 0.25) is 0 Å². The Morgan fingerprint density at radius 3 is 2.29 bits per heavy atom. The van der Waals surface area contributed by atoms with E-state index in [9.17, 15) is 0 Å². The minimum absolute atomic E-state index is 0.473. The van der Waals surface area contributed by atoms with Gasteiger partial charge in [-0.3, -0.25) is 0 Å². The Morgan fingerprint density at radius 2 is 1.62 bits per heavy atom. The summed E-state index contributed by atoms with van der Waals surface area (Å²) < 4.78 is 1.19. The molecule has 3 rings (SSSR count). The topological polar surface area (TPSA) is 12.0 Å². The van der Waals surface area contributed by atoms with Gasteiger partial charge in [-0.15, -0.1) is 0 Å². The van der Waals surface area contributed by atoms with Gasteiger partial charge in [-0.1, -0.05) is 71.9 Å². The monoisotopic (exact) mass is 345 g/mol. The summed E-state index contributed by atoms with van der Waals surface area (Å²) in [4.78, 5) is 0. The Labute approximate surface area is 136 Å². The lowest BCUT2D eigenvalue weighted by Crippen LogP contribution is -2.25. The van der Waals surface area contributed by atoms with E-state index in [0.717, 1.165) is 5.92 Å². The van der Waals surface area contributed by atoms with Gasteiger partial charge in [0.1, 0.15) is 0 Å². The molecule has 1 saturated carbocycles. The van der Waals surface area contributed by atoms with E-state index in [-0.39, 0.29) is 0 Å². The quantitative estimate of drug-likeness (QED) is 0.689. The lowest BCUT2D eigenvalue weighted by atomic mass is 9.85. The summed E-state index contributed by atoms with van der Waals surface area (Å²) in [5, 5.41) is 6.32. The minimum atomic E-state index is 0.473. The Bertz CT molecular complexity index is 600. The zero-order valence-electron chi connectivity index (χ0n) is 12.7. The van der Waals surface area contributed by atoms with Crippen molar-refractivity contribution in [3.8, 4) is 0 Å². The molecule has 1 aliphatic rings. The van der Waals surface area contributed by atoms with Crippen LogP contribution >= 0.6 is 15.9 Å². The number of fused-ring (bicyclic) bond motifs is 1. The molecule has 2 heteroatoms. The summed E-state index contributed by atoms with van der Waals surface area (Å²) in [6.07, 6.45) is 8.31. The highest BCUT2D eigenvalue weighted by molar-refractivity contribution is 9.10. The van der Waals surface area contributed by atoms with Crippen molar-refractivity contribution in [1.82, 2.24) is 5.32 Å². The number of hydrogen-bond donors (Lipinski definition) is 1. The van der Waals surface area contributed by atoms with Crippen LogP contribution in [0.2, 0.25) is 0 Å². The molecule has 1 nitrogen and oxygen atoms in total. The third-order valence-electron chi connectivity index (χ3n) is 4.92. The Balaban J connectivity index is 2.02. The van der Waals surface area contributed by atoms with E-state index in [4.69, 9.17) is 0 Å². The van der Waals surface area contributed by atoms with Gasteiger partial charge >= 0.3 is 0 Å². The molecule has 0 aliphatic heterocycles. The average molecular weight is 346 g/mol. The highest BCUT2D eigenvalue weighted by Gasteiger charge is 2.24. The molecule has 2 aromatic carbocycles. The average Bonchev–Trinajstić information content (AvgIpc) is 2.80. The maximum atomic E-state index is 3.69. The standard InChI is InChI=1S/C19H24BrN/c1-21-19(14-8-4-2-3-5-9-14)17-12-13-18(20)16-11-7-6-10-15(16)17/h6-7,10-14,19,21H,2-5,8-9H2,1H3. The molecule has 0 bridgehead atoms.